The fourth-order valence-corrected chi connectivity index (χ4v) is 1.91. The molecule has 1 aromatic heterocycles. The summed E-state index contributed by atoms with van der Waals surface area (Å²) in [5, 5.41) is 13.4. The van der Waals surface area contributed by atoms with Gasteiger partial charge in [0, 0.05) is 11.4 Å². The van der Waals surface area contributed by atoms with Gasteiger partial charge in [-0.25, -0.2) is 0 Å². The highest BCUT2D eigenvalue weighted by Crippen LogP contribution is 2.30. The number of aromatic amines is 1. The second kappa shape index (κ2) is 5.47. The Balaban J connectivity index is 2.27. The maximum atomic E-state index is 12.5. The number of rotatable bonds is 3. The normalized spacial score (nSPS) is 12.5. The van der Waals surface area contributed by atoms with E-state index in [1.165, 1.54) is 12.1 Å². The number of nitrogens with one attached hydrogen (secondary N) is 2. The van der Waals surface area contributed by atoms with Crippen molar-refractivity contribution >= 4 is 17.2 Å². The molecular weight excluding hydrogens is 283 g/mol. The Labute approximate surface area is 119 Å². The number of alkyl halides is 3. The SMILES string of the molecule is C/C(=N\N)c1c(Nc2ccc(C(F)(F)F)cc2)n[nH]c1C. The first-order valence-corrected chi connectivity index (χ1v) is 6.07. The Bertz CT molecular complexity index is 655. The van der Waals surface area contributed by atoms with Crippen LogP contribution >= 0.6 is 0 Å². The average Bonchev–Trinajstić information content (AvgIpc) is 2.78. The Kier molecular flexibility index (Phi) is 3.88. The molecule has 0 radical (unpaired) electrons. The number of aromatic nitrogens is 2. The van der Waals surface area contributed by atoms with E-state index < -0.39 is 11.7 Å². The van der Waals surface area contributed by atoms with E-state index in [0.717, 1.165) is 17.8 Å². The molecule has 0 aliphatic heterocycles. The number of hydrogen-bond donors (Lipinski definition) is 3. The monoisotopic (exact) mass is 297 g/mol. The van der Waals surface area contributed by atoms with Gasteiger partial charge in [0.25, 0.3) is 0 Å². The van der Waals surface area contributed by atoms with Crippen molar-refractivity contribution in [3.05, 3.63) is 41.1 Å². The molecule has 0 unspecified atom stereocenters. The minimum atomic E-state index is -4.35. The largest absolute Gasteiger partial charge is 0.416 e. The summed E-state index contributed by atoms with van der Waals surface area (Å²) in [5.41, 5.74) is 1.80. The molecular formula is C13H14F3N5. The van der Waals surface area contributed by atoms with Gasteiger partial charge in [-0.3, -0.25) is 5.10 Å². The Morgan fingerprint density at radius 2 is 1.90 bits per heavy atom. The third-order valence-electron chi connectivity index (χ3n) is 2.98. The number of nitrogens with two attached hydrogens (primary N) is 1. The molecule has 0 atom stereocenters. The van der Waals surface area contributed by atoms with Gasteiger partial charge in [0.2, 0.25) is 0 Å². The van der Waals surface area contributed by atoms with E-state index in [-0.39, 0.29) is 0 Å². The van der Waals surface area contributed by atoms with Gasteiger partial charge in [-0.2, -0.15) is 23.4 Å². The lowest BCUT2D eigenvalue weighted by molar-refractivity contribution is -0.137. The summed E-state index contributed by atoms with van der Waals surface area (Å²) >= 11 is 0. The molecule has 0 amide bonds. The second-order valence-electron chi connectivity index (χ2n) is 4.49. The highest BCUT2D eigenvalue weighted by molar-refractivity contribution is 6.04. The van der Waals surface area contributed by atoms with Crippen molar-refractivity contribution < 1.29 is 13.2 Å². The van der Waals surface area contributed by atoms with Crippen molar-refractivity contribution in [2.75, 3.05) is 5.32 Å². The Morgan fingerprint density at radius 3 is 2.43 bits per heavy atom. The Morgan fingerprint density at radius 1 is 1.29 bits per heavy atom. The topological polar surface area (TPSA) is 79.1 Å². The molecule has 1 heterocycles. The van der Waals surface area contributed by atoms with Crippen LogP contribution in [0.5, 0.6) is 0 Å². The van der Waals surface area contributed by atoms with Crippen molar-refractivity contribution in [3.8, 4) is 0 Å². The summed E-state index contributed by atoms with van der Waals surface area (Å²) < 4.78 is 37.5. The van der Waals surface area contributed by atoms with Gasteiger partial charge in [0.15, 0.2) is 5.82 Å². The highest BCUT2D eigenvalue weighted by atomic mass is 19.4. The number of H-pyrrole nitrogens is 1. The summed E-state index contributed by atoms with van der Waals surface area (Å²) in [5.74, 6) is 5.71. The van der Waals surface area contributed by atoms with E-state index in [1.54, 1.807) is 13.8 Å². The molecule has 21 heavy (non-hydrogen) atoms. The minimum Gasteiger partial charge on any atom is -0.338 e. The van der Waals surface area contributed by atoms with Crippen molar-refractivity contribution in [1.29, 1.82) is 0 Å². The van der Waals surface area contributed by atoms with Crippen LogP contribution in [-0.2, 0) is 6.18 Å². The first kappa shape index (κ1) is 14.9. The molecule has 2 rings (SSSR count). The van der Waals surface area contributed by atoms with E-state index in [4.69, 9.17) is 5.84 Å². The first-order chi connectivity index (χ1) is 9.82. The third-order valence-corrected chi connectivity index (χ3v) is 2.98. The third kappa shape index (κ3) is 3.15. The molecule has 8 heteroatoms. The lowest BCUT2D eigenvalue weighted by Crippen LogP contribution is -2.05. The lowest BCUT2D eigenvalue weighted by atomic mass is 10.1. The van der Waals surface area contributed by atoms with Crippen molar-refractivity contribution in [1.82, 2.24) is 10.2 Å². The predicted octanol–water partition coefficient (Wildman–Crippen LogP) is 3.16. The zero-order valence-electron chi connectivity index (χ0n) is 11.4. The maximum absolute atomic E-state index is 12.5. The van der Waals surface area contributed by atoms with Gasteiger partial charge in [0.05, 0.1) is 16.8 Å². The van der Waals surface area contributed by atoms with E-state index in [0.29, 0.717) is 22.8 Å². The number of benzene rings is 1. The second-order valence-corrected chi connectivity index (χ2v) is 4.49. The van der Waals surface area contributed by atoms with Gasteiger partial charge in [-0.15, -0.1) is 0 Å². The van der Waals surface area contributed by atoms with Crippen LogP contribution in [0.2, 0.25) is 0 Å². The standard InChI is InChI=1S/C13H14F3N5/c1-7(19-17)11-8(2)20-21-12(11)18-10-5-3-9(4-6-10)13(14,15)16/h3-6H,17H2,1-2H3,(H2,18,20,21)/b19-7+. The molecule has 0 bridgehead atoms. The molecule has 5 nitrogen and oxygen atoms in total. The number of nitrogens with zero attached hydrogens (tertiary/aromatic N) is 2. The number of hydrazone groups is 1. The van der Waals surface area contributed by atoms with Crippen LogP contribution in [0.1, 0.15) is 23.7 Å². The lowest BCUT2D eigenvalue weighted by Gasteiger charge is -2.09. The summed E-state index contributed by atoms with van der Waals surface area (Å²) in [4.78, 5) is 0. The van der Waals surface area contributed by atoms with E-state index in [1.807, 2.05) is 0 Å². The average molecular weight is 297 g/mol. The van der Waals surface area contributed by atoms with Crippen LogP contribution in [0.25, 0.3) is 0 Å². The van der Waals surface area contributed by atoms with Gasteiger partial charge in [-0.05, 0) is 38.1 Å². The van der Waals surface area contributed by atoms with E-state index in [9.17, 15) is 13.2 Å². The summed E-state index contributed by atoms with van der Waals surface area (Å²) in [7, 11) is 0. The fourth-order valence-electron chi connectivity index (χ4n) is 1.91. The fraction of sp³-hybridized carbons (Fsp3) is 0.231. The van der Waals surface area contributed by atoms with Crippen LogP contribution in [0.15, 0.2) is 29.4 Å². The van der Waals surface area contributed by atoms with Crippen LogP contribution < -0.4 is 11.2 Å². The number of aryl methyl sites for hydroxylation is 1. The number of anilines is 2. The van der Waals surface area contributed by atoms with Crippen LogP contribution in [-0.4, -0.2) is 15.9 Å². The number of halogens is 3. The molecule has 0 spiro atoms. The van der Waals surface area contributed by atoms with Gasteiger partial charge in [0.1, 0.15) is 0 Å². The highest BCUT2D eigenvalue weighted by Gasteiger charge is 2.30. The first-order valence-electron chi connectivity index (χ1n) is 6.07. The number of hydrogen-bond acceptors (Lipinski definition) is 4. The van der Waals surface area contributed by atoms with Crippen molar-refractivity contribution in [3.63, 3.8) is 0 Å². The maximum Gasteiger partial charge on any atom is 0.416 e. The smallest absolute Gasteiger partial charge is 0.338 e. The van der Waals surface area contributed by atoms with E-state index in [2.05, 4.69) is 20.6 Å². The van der Waals surface area contributed by atoms with Crippen molar-refractivity contribution in [2.24, 2.45) is 10.9 Å². The molecule has 0 saturated heterocycles. The quantitative estimate of drug-likeness (QED) is 0.462. The van der Waals surface area contributed by atoms with Gasteiger partial charge < -0.3 is 11.2 Å². The van der Waals surface area contributed by atoms with E-state index >= 15 is 0 Å². The molecule has 0 aliphatic rings. The van der Waals surface area contributed by atoms with Crippen LogP contribution in [0.3, 0.4) is 0 Å². The van der Waals surface area contributed by atoms with Gasteiger partial charge >= 0.3 is 6.18 Å². The molecule has 2 aromatic rings. The molecule has 0 saturated carbocycles. The summed E-state index contributed by atoms with van der Waals surface area (Å²) in [6, 6.07) is 4.69. The van der Waals surface area contributed by atoms with Crippen molar-refractivity contribution in [2.45, 2.75) is 20.0 Å². The van der Waals surface area contributed by atoms with Crippen LogP contribution in [0, 0.1) is 6.92 Å². The van der Waals surface area contributed by atoms with Gasteiger partial charge in [-0.1, -0.05) is 0 Å². The summed E-state index contributed by atoms with van der Waals surface area (Å²) in [6.07, 6.45) is -4.35. The zero-order chi connectivity index (χ0) is 15.6. The molecule has 0 aliphatic carbocycles. The molecule has 0 fully saturated rings. The molecule has 1 aromatic carbocycles. The summed E-state index contributed by atoms with van der Waals surface area (Å²) in [6.45, 7) is 3.52. The zero-order valence-corrected chi connectivity index (χ0v) is 11.4. The predicted molar refractivity (Wildman–Crippen MR) is 74.4 cm³/mol. The van der Waals surface area contributed by atoms with Crippen LogP contribution in [0.4, 0.5) is 24.7 Å². The Hall–Kier alpha value is -2.51. The molecule has 4 N–H and O–H groups in total. The minimum absolute atomic E-state index is 0.457. The molecule has 112 valence electrons.